The first-order valence-corrected chi connectivity index (χ1v) is 10.2. The first kappa shape index (κ1) is 17.7. The van der Waals surface area contributed by atoms with E-state index in [9.17, 15) is 4.79 Å². The van der Waals surface area contributed by atoms with E-state index in [2.05, 4.69) is 41.5 Å². The molecule has 3 nitrogen and oxygen atoms in total. The maximum absolute atomic E-state index is 12.6. The minimum Gasteiger partial charge on any atom is -0.321 e. The molecule has 128 valence electrons. The molecule has 1 aromatic heterocycles. The number of carbonyl (C=O) groups excluding carboxylic acids is 1. The average Bonchev–Trinajstić information content (AvgIpc) is 3.04. The van der Waals surface area contributed by atoms with Gasteiger partial charge in [-0.25, -0.2) is 4.98 Å². The van der Waals surface area contributed by atoms with Crippen LogP contribution in [0.3, 0.4) is 0 Å². The van der Waals surface area contributed by atoms with Gasteiger partial charge in [0.05, 0.1) is 5.69 Å². The van der Waals surface area contributed by atoms with Crippen LogP contribution in [0, 0.1) is 6.92 Å². The van der Waals surface area contributed by atoms with Gasteiger partial charge in [-0.15, -0.1) is 23.1 Å². The molecule has 0 aliphatic carbocycles. The molecule has 0 aliphatic heterocycles. The quantitative estimate of drug-likeness (QED) is 0.591. The Kier molecular flexibility index (Phi) is 5.56. The van der Waals surface area contributed by atoms with Gasteiger partial charge < -0.3 is 5.32 Å². The number of carbonyl (C=O) groups is 1. The topological polar surface area (TPSA) is 42.0 Å². The Hall–Kier alpha value is -2.11. The van der Waals surface area contributed by atoms with E-state index in [1.807, 2.05) is 37.4 Å². The highest BCUT2D eigenvalue weighted by molar-refractivity contribution is 7.98. The number of aryl methyl sites for hydroxylation is 2. The smallest absolute Gasteiger partial charge is 0.267 e. The Bertz CT molecular complexity index is 885. The molecule has 5 heteroatoms. The first-order chi connectivity index (χ1) is 12.1. The van der Waals surface area contributed by atoms with Gasteiger partial charge in [0.25, 0.3) is 5.91 Å². The van der Waals surface area contributed by atoms with Gasteiger partial charge >= 0.3 is 0 Å². The Balaban J connectivity index is 1.82. The van der Waals surface area contributed by atoms with Crippen LogP contribution in [0.25, 0.3) is 10.6 Å². The molecule has 0 radical (unpaired) electrons. The van der Waals surface area contributed by atoms with E-state index in [-0.39, 0.29) is 5.91 Å². The highest BCUT2D eigenvalue weighted by Gasteiger charge is 2.16. The number of anilines is 1. The molecule has 0 saturated heterocycles. The lowest BCUT2D eigenvalue weighted by molar-refractivity contribution is 0.103. The van der Waals surface area contributed by atoms with E-state index >= 15 is 0 Å². The molecule has 1 heterocycles. The van der Waals surface area contributed by atoms with Gasteiger partial charge in [0, 0.05) is 16.1 Å². The number of amides is 1. The van der Waals surface area contributed by atoms with Crippen LogP contribution in [-0.2, 0) is 6.42 Å². The van der Waals surface area contributed by atoms with Gasteiger partial charge in [-0.1, -0.05) is 37.3 Å². The Morgan fingerprint density at radius 3 is 2.64 bits per heavy atom. The normalized spacial score (nSPS) is 10.7. The Morgan fingerprint density at radius 2 is 1.96 bits per heavy atom. The van der Waals surface area contributed by atoms with Crippen molar-refractivity contribution in [2.24, 2.45) is 0 Å². The number of benzene rings is 2. The van der Waals surface area contributed by atoms with E-state index in [1.54, 1.807) is 11.8 Å². The molecule has 3 rings (SSSR count). The summed E-state index contributed by atoms with van der Waals surface area (Å²) in [5, 5.41) is 3.85. The molecule has 0 aliphatic rings. The molecule has 2 aromatic carbocycles. The minimum atomic E-state index is -0.107. The summed E-state index contributed by atoms with van der Waals surface area (Å²) in [7, 11) is 0. The summed E-state index contributed by atoms with van der Waals surface area (Å²) in [5.74, 6) is -0.107. The van der Waals surface area contributed by atoms with Crippen molar-refractivity contribution >= 4 is 34.7 Å². The maximum atomic E-state index is 12.6. The summed E-state index contributed by atoms with van der Waals surface area (Å²) in [6.07, 6.45) is 3.03. The Labute approximate surface area is 156 Å². The summed E-state index contributed by atoms with van der Waals surface area (Å²) >= 11 is 3.09. The molecule has 0 spiro atoms. The lowest BCUT2D eigenvalue weighted by Crippen LogP contribution is -2.11. The minimum absolute atomic E-state index is 0.107. The summed E-state index contributed by atoms with van der Waals surface area (Å²) in [6.45, 7) is 4.02. The summed E-state index contributed by atoms with van der Waals surface area (Å²) in [6, 6.07) is 16.2. The van der Waals surface area contributed by atoms with Crippen LogP contribution in [0.4, 0.5) is 5.69 Å². The van der Waals surface area contributed by atoms with Gasteiger partial charge in [-0.05, 0) is 43.4 Å². The van der Waals surface area contributed by atoms with Crippen molar-refractivity contribution in [2.75, 3.05) is 11.6 Å². The summed E-state index contributed by atoms with van der Waals surface area (Å²) < 4.78 is 0. The Morgan fingerprint density at radius 1 is 1.20 bits per heavy atom. The van der Waals surface area contributed by atoms with Crippen LogP contribution >= 0.6 is 23.1 Å². The fourth-order valence-corrected chi connectivity index (χ4v) is 3.93. The standard InChI is InChI=1S/C20H20N2OS2/c1-4-14-8-10-15(11-9-14)20-21-13(2)18(25-20)19(23)22-16-6-5-7-17(12-16)24-3/h5-12H,4H2,1-3H3,(H,22,23). The second kappa shape index (κ2) is 7.85. The summed E-state index contributed by atoms with van der Waals surface area (Å²) in [4.78, 5) is 19.0. The molecule has 0 fully saturated rings. The van der Waals surface area contributed by atoms with Gasteiger partial charge in [0.2, 0.25) is 0 Å². The molecule has 1 N–H and O–H groups in total. The first-order valence-electron chi connectivity index (χ1n) is 8.13. The third kappa shape index (κ3) is 4.11. The third-order valence-corrected chi connectivity index (χ3v) is 5.87. The third-order valence-electron chi connectivity index (χ3n) is 3.94. The van der Waals surface area contributed by atoms with E-state index in [1.165, 1.54) is 16.9 Å². The number of thiazole rings is 1. The highest BCUT2D eigenvalue weighted by Crippen LogP contribution is 2.29. The molecule has 0 atom stereocenters. The zero-order chi connectivity index (χ0) is 17.8. The van der Waals surface area contributed by atoms with Crippen molar-refractivity contribution in [3.8, 4) is 10.6 Å². The fourth-order valence-electron chi connectivity index (χ4n) is 2.50. The van der Waals surface area contributed by atoms with E-state index in [4.69, 9.17) is 0 Å². The lowest BCUT2D eigenvalue weighted by Gasteiger charge is -2.05. The number of nitrogens with zero attached hydrogens (tertiary/aromatic N) is 1. The van der Waals surface area contributed by atoms with E-state index in [0.717, 1.165) is 33.3 Å². The number of hydrogen-bond donors (Lipinski definition) is 1. The largest absolute Gasteiger partial charge is 0.321 e. The molecule has 0 saturated carbocycles. The van der Waals surface area contributed by atoms with Crippen LogP contribution in [0.15, 0.2) is 53.4 Å². The molecule has 0 unspecified atom stereocenters. The van der Waals surface area contributed by atoms with Crippen molar-refractivity contribution in [1.82, 2.24) is 4.98 Å². The monoisotopic (exact) mass is 368 g/mol. The number of thioether (sulfide) groups is 1. The zero-order valence-corrected chi connectivity index (χ0v) is 16.1. The second-order valence-electron chi connectivity index (χ2n) is 5.67. The molecular formula is C20H20N2OS2. The van der Waals surface area contributed by atoms with Crippen molar-refractivity contribution in [1.29, 1.82) is 0 Å². The average molecular weight is 369 g/mol. The SMILES string of the molecule is CCc1ccc(-c2nc(C)c(C(=O)Nc3cccc(SC)c3)s2)cc1. The molecule has 0 bridgehead atoms. The van der Waals surface area contributed by atoms with Gasteiger partial charge in [0.15, 0.2) is 0 Å². The van der Waals surface area contributed by atoms with Gasteiger partial charge in [-0.3, -0.25) is 4.79 Å². The number of aromatic nitrogens is 1. The van der Waals surface area contributed by atoms with Crippen molar-refractivity contribution < 1.29 is 4.79 Å². The fraction of sp³-hybridized carbons (Fsp3) is 0.200. The van der Waals surface area contributed by atoms with Gasteiger partial charge in [0.1, 0.15) is 9.88 Å². The number of hydrogen-bond acceptors (Lipinski definition) is 4. The van der Waals surface area contributed by atoms with Gasteiger partial charge in [-0.2, -0.15) is 0 Å². The summed E-state index contributed by atoms with van der Waals surface area (Å²) in [5.41, 5.74) is 3.91. The maximum Gasteiger partial charge on any atom is 0.267 e. The predicted molar refractivity (Wildman–Crippen MR) is 108 cm³/mol. The van der Waals surface area contributed by atoms with Crippen molar-refractivity contribution in [3.63, 3.8) is 0 Å². The van der Waals surface area contributed by atoms with E-state index in [0.29, 0.717) is 4.88 Å². The molecular weight excluding hydrogens is 348 g/mol. The van der Waals surface area contributed by atoms with E-state index < -0.39 is 0 Å². The van der Waals surface area contributed by atoms with Crippen LogP contribution in [0.1, 0.15) is 27.9 Å². The lowest BCUT2D eigenvalue weighted by atomic mass is 10.1. The molecule has 3 aromatic rings. The van der Waals surface area contributed by atoms with Crippen LogP contribution in [0.5, 0.6) is 0 Å². The zero-order valence-electron chi connectivity index (χ0n) is 14.5. The number of nitrogens with one attached hydrogen (secondary N) is 1. The molecule has 25 heavy (non-hydrogen) atoms. The van der Waals surface area contributed by atoms with Crippen molar-refractivity contribution in [2.45, 2.75) is 25.2 Å². The predicted octanol–water partition coefficient (Wildman–Crippen LogP) is 5.66. The van der Waals surface area contributed by atoms with Crippen LogP contribution < -0.4 is 5.32 Å². The van der Waals surface area contributed by atoms with Crippen LogP contribution in [0.2, 0.25) is 0 Å². The molecule has 1 amide bonds. The van der Waals surface area contributed by atoms with Crippen molar-refractivity contribution in [3.05, 3.63) is 64.7 Å². The number of rotatable bonds is 5. The second-order valence-corrected chi connectivity index (χ2v) is 7.55. The van der Waals surface area contributed by atoms with Crippen LogP contribution in [-0.4, -0.2) is 17.1 Å². The highest BCUT2D eigenvalue weighted by atomic mass is 32.2.